The van der Waals surface area contributed by atoms with Crippen LogP contribution in [0.25, 0.3) is 0 Å². The van der Waals surface area contributed by atoms with Crippen LogP contribution in [0.2, 0.25) is 0 Å². The highest BCUT2D eigenvalue weighted by molar-refractivity contribution is 5.65. The molecule has 19 heavy (non-hydrogen) atoms. The molecule has 1 aliphatic rings. The van der Waals surface area contributed by atoms with E-state index in [0.29, 0.717) is 0 Å². The summed E-state index contributed by atoms with van der Waals surface area (Å²) in [4.78, 5) is 2.23. The molecule has 1 aliphatic carbocycles. The van der Waals surface area contributed by atoms with Crippen molar-refractivity contribution >= 4 is 5.69 Å². The fraction of sp³-hybridized carbons (Fsp3) is 0.333. The van der Waals surface area contributed by atoms with Crippen molar-refractivity contribution < 1.29 is 0 Å². The van der Waals surface area contributed by atoms with Gasteiger partial charge in [-0.2, -0.15) is 0 Å². The number of hydrogen-bond donors (Lipinski definition) is 0. The Morgan fingerprint density at radius 1 is 0.895 bits per heavy atom. The molecule has 98 valence electrons. The minimum atomic E-state index is 0.0744. The Labute approximate surface area is 115 Å². The van der Waals surface area contributed by atoms with Crippen LogP contribution >= 0.6 is 0 Å². The summed E-state index contributed by atoms with van der Waals surface area (Å²) in [5, 5.41) is 0. The molecule has 0 saturated heterocycles. The van der Waals surface area contributed by atoms with Gasteiger partial charge < -0.3 is 4.90 Å². The van der Waals surface area contributed by atoms with Gasteiger partial charge in [0, 0.05) is 25.2 Å². The summed E-state index contributed by atoms with van der Waals surface area (Å²) < 4.78 is 0. The van der Waals surface area contributed by atoms with Crippen LogP contribution < -0.4 is 4.90 Å². The van der Waals surface area contributed by atoms with Gasteiger partial charge in [-0.1, -0.05) is 50.2 Å². The molecule has 0 N–H and O–H groups in total. The quantitative estimate of drug-likeness (QED) is 0.741. The summed E-state index contributed by atoms with van der Waals surface area (Å²) in [6.45, 7) is 4.69. The zero-order chi connectivity index (χ0) is 13.6. The molecule has 3 rings (SSSR count). The lowest BCUT2D eigenvalue weighted by molar-refractivity contribution is 0.610. The average Bonchev–Trinajstić information content (AvgIpc) is 2.38. The second kappa shape index (κ2) is 4.12. The smallest absolute Gasteiger partial charge is 0.0405 e. The van der Waals surface area contributed by atoms with E-state index in [1.54, 1.807) is 0 Å². The zero-order valence-corrected chi connectivity index (χ0v) is 12.2. The molecule has 0 heterocycles. The SMILES string of the molecule is CN(C)c1cccc2c1C(C)(C)c1ccccc1C2. The van der Waals surface area contributed by atoms with Crippen LogP contribution in [0.15, 0.2) is 42.5 Å². The third-order valence-electron chi connectivity index (χ3n) is 4.31. The molecule has 0 saturated carbocycles. The van der Waals surface area contributed by atoms with Crippen molar-refractivity contribution in [3.05, 3.63) is 64.7 Å². The van der Waals surface area contributed by atoms with E-state index < -0.39 is 0 Å². The molecule has 0 aromatic heterocycles. The van der Waals surface area contributed by atoms with Gasteiger partial charge in [0.25, 0.3) is 0 Å². The lowest BCUT2D eigenvalue weighted by Crippen LogP contribution is -2.29. The van der Waals surface area contributed by atoms with Crippen molar-refractivity contribution in [2.45, 2.75) is 25.7 Å². The molecule has 2 aromatic rings. The molecule has 0 radical (unpaired) electrons. The Balaban J connectivity index is 2.29. The predicted octanol–water partition coefficient (Wildman–Crippen LogP) is 3.98. The van der Waals surface area contributed by atoms with Crippen LogP contribution in [-0.2, 0) is 11.8 Å². The summed E-state index contributed by atoms with van der Waals surface area (Å²) in [7, 11) is 4.26. The molecule has 0 unspecified atom stereocenters. The molecule has 1 nitrogen and oxygen atoms in total. The van der Waals surface area contributed by atoms with E-state index in [2.05, 4.69) is 75.3 Å². The van der Waals surface area contributed by atoms with Gasteiger partial charge >= 0.3 is 0 Å². The Morgan fingerprint density at radius 3 is 2.32 bits per heavy atom. The Kier molecular flexibility index (Phi) is 2.67. The topological polar surface area (TPSA) is 3.24 Å². The van der Waals surface area contributed by atoms with E-state index in [1.807, 2.05) is 0 Å². The fourth-order valence-corrected chi connectivity index (χ4v) is 3.45. The van der Waals surface area contributed by atoms with Crippen LogP contribution in [0.4, 0.5) is 5.69 Å². The fourth-order valence-electron chi connectivity index (χ4n) is 3.45. The molecule has 2 aromatic carbocycles. The monoisotopic (exact) mass is 251 g/mol. The van der Waals surface area contributed by atoms with E-state index in [4.69, 9.17) is 0 Å². The van der Waals surface area contributed by atoms with E-state index in [9.17, 15) is 0 Å². The lowest BCUT2D eigenvalue weighted by Gasteiger charge is -2.38. The van der Waals surface area contributed by atoms with E-state index >= 15 is 0 Å². The molecule has 0 fully saturated rings. The van der Waals surface area contributed by atoms with Gasteiger partial charge in [-0.15, -0.1) is 0 Å². The molecule has 0 amide bonds. The highest BCUT2D eigenvalue weighted by Gasteiger charge is 2.34. The highest BCUT2D eigenvalue weighted by Crippen LogP contribution is 2.45. The number of fused-ring (bicyclic) bond motifs is 2. The highest BCUT2D eigenvalue weighted by atomic mass is 15.1. The zero-order valence-electron chi connectivity index (χ0n) is 12.2. The third-order valence-corrected chi connectivity index (χ3v) is 4.31. The first kappa shape index (κ1) is 12.3. The molecular formula is C18H21N. The van der Waals surface area contributed by atoms with Gasteiger partial charge in [-0.05, 0) is 34.7 Å². The van der Waals surface area contributed by atoms with Gasteiger partial charge in [0.05, 0.1) is 0 Å². The van der Waals surface area contributed by atoms with Gasteiger partial charge in [0.1, 0.15) is 0 Å². The van der Waals surface area contributed by atoms with Gasteiger partial charge in [-0.3, -0.25) is 0 Å². The largest absolute Gasteiger partial charge is 0.377 e. The van der Waals surface area contributed by atoms with Crippen LogP contribution in [0.3, 0.4) is 0 Å². The van der Waals surface area contributed by atoms with E-state index in [-0.39, 0.29) is 5.41 Å². The van der Waals surface area contributed by atoms with Gasteiger partial charge in [-0.25, -0.2) is 0 Å². The molecule has 1 heteroatoms. The normalized spacial score (nSPS) is 15.6. The standard InChI is InChI=1S/C18H21N/c1-18(2)15-10-6-5-8-13(15)12-14-9-7-11-16(17(14)18)19(3)4/h5-11H,12H2,1-4H3. The maximum Gasteiger partial charge on any atom is 0.0405 e. The van der Waals surface area contributed by atoms with Crippen LogP contribution in [-0.4, -0.2) is 14.1 Å². The van der Waals surface area contributed by atoms with E-state index in [1.165, 1.54) is 27.9 Å². The van der Waals surface area contributed by atoms with Crippen molar-refractivity contribution in [3.63, 3.8) is 0 Å². The van der Waals surface area contributed by atoms with Crippen LogP contribution in [0.1, 0.15) is 36.1 Å². The number of hydrogen-bond acceptors (Lipinski definition) is 1. The van der Waals surface area contributed by atoms with E-state index in [0.717, 1.165) is 6.42 Å². The first-order valence-electron chi connectivity index (χ1n) is 6.90. The Hall–Kier alpha value is -1.76. The summed E-state index contributed by atoms with van der Waals surface area (Å²) in [6, 6.07) is 15.5. The average molecular weight is 251 g/mol. The molecule has 0 aliphatic heterocycles. The van der Waals surface area contributed by atoms with Crippen molar-refractivity contribution in [1.82, 2.24) is 0 Å². The molecule has 0 bridgehead atoms. The maximum absolute atomic E-state index is 2.34. The number of anilines is 1. The van der Waals surface area contributed by atoms with Crippen LogP contribution in [0.5, 0.6) is 0 Å². The van der Waals surface area contributed by atoms with Crippen molar-refractivity contribution in [3.8, 4) is 0 Å². The van der Waals surface area contributed by atoms with Gasteiger partial charge in [0.2, 0.25) is 0 Å². The minimum Gasteiger partial charge on any atom is -0.377 e. The minimum absolute atomic E-state index is 0.0744. The summed E-state index contributed by atoms with van der Waals surface area (Å²) in [6.07, 6.45) is 1.05. The molecule has 0 atom stereocenters. The van der Waals surface area contributed by atoms with Crippen molar-refractivity contribution in [2.24, 2.45) is 0 Å². The summed E-state index contributed by atoms with van der Waals surface area (Å²) in [5.74, 6) is 0. The molecular weight excluding hydrogens is 230 g/mol. The predicted molar refractivity (Wildman–Crippen MR) is 82.1 cm³/mol. The van der Waals surface area contributed by atoms with Crippen LogP contribution in [0, 0.1) is 0 Å². The third kappa shape index (κ3) is 1.76. The Morgan fingerprint density at radius 2 is 1.58 bits per heavy atom. The van der Waals surface area contributed by atoms with Gasteiger partial charge in [0.15, 0.2) is 0 Å². The Bertz CT molecular complexity index is 623. The summed E-state index contributed by atoms with van der Waals surface area (Å²) in [5.41, 5.74) is 7.31. The second-order valence-corrected chi connectivity index (χ2v) is 6.16. The lowest BCUT2D eigenvalue weighted by atomic mass is 9.68. The molecule has 0 spiro atoms. The van der Waals surface area contributed by atoms with Crippen molar-refractivity contribution in [2.75, 3.05) is 19.0 Å². The number of nitrogens with zero attached hydrogens (tertiary/aromatic N) is 1. The second-order valence-electron chi connectivity index (χ2n) is 6.16. The number of rotatable bonds is 1. The number of benzene rings is 2. The first-order valence-corrected chi connectivity index (χ1v) is 6.90. The first-order chi connectivity index (χ1) is 9.01. The maximum atomic E-state index is 2.34. The summed E-state index contributed by atoms with van der Waals surface area (Å²) >= 11 is 0. The van der Waals surface area contributed by atoms with Crippen molar-refractivity contribution in [1.29, 1.82) is 0 Å².